The van der Waals surface area contributed by atoms with Crippen molar-refractivity contribution in [3.63, 3.8) is 0 Å². The monoisotopic (exact) mass is 180 g/mol. The summed E-state index contributed by atoms with van der Waals surface area (Å²) < 4.78 is 0. The van der Waals surface area contributed by atoms with Crippen molar-refractivity contribution in [1.29, 1.82) is 0 Å². The molecule has 66 valence electrons. The number of carbonyl (C=O) groups is 1. The fourth-order valence-corrected chi connectivity index (χ4v) is 0.918. The van der Waals surface area contributed by atoms with Crippen molar-refractivity contribution >= 4 is 17.4 Å². The van der Waals surface area contributed by atoms with Gasteiger partial charge in [0.2, 0.25) is 0 Å². The van der Waals surface area contributed by atoms with Crippen molar-refractivity contribution in [2.24, 2.45) is 0 Å². The Kier molecular flexibility index (Phi) is 5.46. The van der Waals surface area contributed by atoms with E-state index in [0.29, 0.717) is 0 Å². The minimum absolute atomic E-state index is 0.0840. The fraction of sp³-hybridized carbons (Fsp3) is 0.857. The zero-order valence-electron chi connectivity index (χ0n) is 6.46. The molecular weight excluding hydrogens is 168 g/mol. The molecule has 0 saturated carbocycles. The van der Waals surface area contributed by atoms with E-state index < -0.39 is 12.2 Å². The third-order valence-electron chi connectivity index (χ3n) is 1.25. The van der Waals surface area contributed by atoms with Crippen LogP contribution in [0.4, 0.5) is 0 Å². The van der Waals surface area contributed by atoms with Gasteiger partial charge in [-0.1, -0.05) is 0 Å². The van der Waals surface area contributed by atoms with E-state index >= 15 is 0 Å². The van der Waals surface area contributed by atoms with Crippen LogP contribution < -0.4 is 0 Å². The average Bonchev–Trinajstić information content (AvgIpc) is 1.85. The van der Waals surface area contributed by atoms with Crippen LogP contribution >= 0.6 is 11.6 Å². The number of carbonyl (C=O) groups excluding carboxylic acids is 1. The van der Waals surface area contributed by atoms with Gasteiger partial charge in [0.05, 0.1) is 12.2 Å². The van der Waals surface area contributed by atoms with E-state index in [0.717, 1.165) is 0 Å². The highest BCUT2D eigenvalue weighted by molar-refractivity contribution is 6.18. The lowest BCUT2D eigenvalue weighted by atomic mass is 10.1. The highest BCUT2D eigenvalue weighted by Crippen LogP contribution is 2.04. The molecule has 0 unspecified atom stereocenters. The molecule has 0 aliphatic rings. The summed E-state index contributed by atoms with van der Waals surface area (Å²) in [6.45, 7) is 1.40. The first-order valence-corrected chi connectivity index (χ1v) is 4.01. The van der Waals surface area contributed by atoms with Gasteiger partial charge in [0.25, 0.3) is 0 Å². The molecule has 0 aliphatic heterocycles. The van der Waals surface area contributed by atoms with E-state index in [2.05, 4.69) is 0 Å². The predicted octanol–water partition coefficient (Wildman–Crippen LogP) is 0.316. The molecule has 2 N–H and O–H groups in total. The molecule has 0 aromatic rings. The Labute approximate surface area is 71.0 Å². The Hall–Kier alpha value is -0.120. The summed E-state index contributed by atoms with van der Waals surface area (Å²) in [6, 6.07) is 0. The van der Waals surface area contributed by atoms with Crippen LogP contribution in [0.2, 0.25) is 0 Å². The van der Waals surface area contributed by atoms with Crippen LogP contribution in [0.5, 0.6) is 0 Å². The summed E-state index contributed by atoms with van der Waals surface area (Å²) >= 11 is 5.29. The van der Waals surface area contributed by atoms with Gasteiger partial charge in [0.1, 0.15) is 5.78 Å². The smallest absolute Gasteiger partial charge is 0.132 e. The van der Waals surface area contributed by atoms with Gasteiger partial charge in [-0.15, -0.1) is 11.6 Å². The number of hydrogen-bond donors (Lipinski definition) is 2. The molecule has 0 spiro atoms. The van der Waals surface area contributed by atoms with Crippen LogP contribution in [-0.4, -0.2) is 34.1 Å². The molecule has 4 heteroatoms. The summed E-state index contributed by atoms with van der Waals surface area (Å²) in [5.41, 5.74) is 0. The molecule has 0 aliphatic carbocycles. The van der Waals surface area contributed by atoms with Crippen molar-refractivity contribution in [2.45, 2.75) is 32.0 Å². The fourth-order valence-electron chi connectivity index (χ4n) is 0.792. The van der Waals surface area contributed by atoms with Gasteiger partial charge in [-0.05, 0) is 6.92 Å². The van der Waals surface area contributed by atoms with Crippen molar-refractivity contribution in [1.82, 2.24) is 0 Å². The van der Waals surface area contributed by atoms with Gasteiger partial charge in [-0.3, -0.25) is 4.79 Å². The second-order valence-electron chi connectivity index (χ2n) is 2.60. The zero-order chi connectivity index (χ0) is 8.85. The number of ketones is 1. The number of hydrogen-bond acceptors (Lipinski definition) is 3. The molecule has 2 atom stereocenters. The lowest BCUT2D eigenvalue weighted by molar-refractivity contribution is -0.119. The first-order chi connectivity index (χ1) is 5.06. The molecule has 0 aromatic heterocycles. The molecule has 11 heavy (non-hydrogen) atoms. The first kappa shape index (κ1) is 10.9. The van der Waals surface area contributed by atoms with E-state index in [4.69, 9.17) is 21.8 Å². The molecule has 0 heterocycles. The van der Waals surface area contributed by atoms with Gasteiger partial charge in [0.15, 0.2) is 0 Å². The van der Waals surface area contributed by atoms with Crippen LogP contribution in [0, 0.1) is 0 Å². The highest BCUT2D eigenvalue weighted by atomic mass is 35.5. The Morgan fingerprint density at radius 3 is 2.36 bits per heavy atom. The Bertz CT molecular complexity index is 127. The van der Waals surface area contributed by atoms with Gasteiger partial charge >= 0.3 is 0 Å². The molecule has 0 rings (SSSR count). The summed E-state index contributed by atoms with van der Waals surface area (Å²) in [6.07, 6.45) is -1.22. The predicted molar refractivity (Wildman–Crippen MR) is 42.6 cm³/mol. The number of halogens is 1. The Balaban J connectivity index is 3.51. The number of aliphatic hydroxyl groups excluding tert-OH is 2. The summed E-state index contributed by atoms with van der Waals surface area (Å²) in [4.78, 5) is 10.4. The molecule has 3 nitrogen and oxygen atoms in total. The summed E-state index contributed by atoms with van der Waals surface area (Å²) in [7, 11) is 0. The van der Waals surface area contributed by atoms with Crippen molar-refractivity contribution in [3.05, 3.63) is 0 Å². The Morgan fingerprint density at radius 1 is 1.45 bits per heavy atom. The van der Waals surface area contributed by atoms with Crippen LogP contribution in [0.25, 0.3) is 0 Å². The molecule has 0 saturated heterocycles. The Morgan fingerprint density at radius 2 is 2.00 bits per heavy atom. The summed E-state index contributed by atoms with van der Waals surface area (Å²) in [5, 5.41) is 18.0. The van der Waals surface area contributed by atoms with Gasteiger partial charge in [-0.2, -0.15) is 0 Å². The minimum atomic E-state index is -0.763. The maximum atomic E-state index is 10.4. The van der Waals surface area contributed by atoms with E-state index in [-0.39, 0.29) is 24.5 Å². The molecule has 0 radical (unpaired) electrons. The second-order valence-corrected chi connectivity index (χ2v) is 2.91. The van der Waals surface area contributed by atoms with Crippen LogP contribution in [0.1, 0.15) is 19.8 Å². The number of rotatable bonds is 5. The summed E-state index contributed by atoms with van der Waals surface area (Å²) in [5.74, 6) is 0.00822. The lowest BCUT2D eigenvalue weighted by Gasteiger charge is -2.11. The first-order valence-electron chi connectivity index (χ1n) is 3.47. The number of aliphatic hydroxyl groups is 2. The normalized spacial score (nSPS) is 16.0. The van der Waals surface area contributed by atoms with Crippen LogP contribution in [0.3, 0.4) is 0 Å². The molecule has 0 amide bonds. The SMILES string of the molecule is CC(=O)C[C@H](O)C[C@H](O)CCl. The second kappa shape index (κ2) is 5.52. The number of alkyl halides is 1. The molecular formula is C7H13ClO3. The van der Waals surface area contributed by atoms with Crippen LogP contribution in [-0.2, 0) is 4.79 Å². The minimum Gasteiger partial charge on any atom is -0.393 e. The lowest BCUT2D eigenvalue weighted by Crippen LogP contribution is -2.20. The standard InChI is InChI=1S/C7H13ClO3/c1-5(9)2-6(10)3-7(11)4-8/h6-7,10-11H,2-4H2,1H3/t6-,7-/m0/s1. The quantitative estimate of drug-likeness (QED) is 0.599. The molecule has 0 bridgehead atoms. The molecule has 0 fully saturated rings. The van der Waals surface area contributed by atoms with Crippen molar-refractivity contribution in [3.8, 4) is 0 Å². The van der Waals surface area contributed by atoms with E-state index in [1.54, 1.807) is 0 Å². The van der Waals surface area contributed by atoms with E-state index in [9.17, 15) is 4.79 Å². The average molecular weight is 181 g/mol. The van der Waals surface area contributed by atoms with E-state index in [1.807, 2.05) is 0 Å². The molecule has 0 aromatic carbocycles. The van der Waals surface area contributed by atoms with Crippen LogP contribution in [0.15, 0.2) is 0 Å². The number of Topliss-reactive ketones (excluding diaryl/α,β-unsaturated/α-hetero) is 1. The maximum Gasteiger partial charge on any atom is 0.132 e. The zero-order valence-corrected chi connectivity index (χ0v) is 7.21. The largest absolute Gasteiger partial charge is 0.393 e. The van der Waals surface area contributed by atoms with Gasteiger partial charge in [-0.25, -0.2) is 0 Å². The van der Waals surface area contributed by atoms with E-state index in [1.165, 1.54) is 6.92 Å². The van der Waals surface area contributed by atoms with Crippen molar-refractivity contribution < 1.29 is 15.0 Å². The topological polar surface area (TPSA) is 57.5 Å². The van der Waals surface area contributed by atoms with Gasteiger partial charge < -0.3 is 10.2 Å². The third kappa shape index (κ3) is 6.28. The highest BCUT2D eigenvalue weighted by Gasteiger charge is 2.12. The third-order valence-corrected chi connectivity index (χ3v) is 1.60. The maximum absolute atomic E-state index is 10.4. The van der Waals surface area contributed by atoms with Gasteiger partial charge in [0, 0.05) is 18.7 Å². The van der Waals surface area contributed by atoms with Crippen molar-refractivity contribution in [2.75, 3.05) is 5.88 Å².